The van der Waals surface area contributed by atoms with Crippen molar-refractivity contribution >= 4 is 28.7 Å². The van der Waals surface area contributed by atoms with Crippen LogP contribution >= 0.6 is 11.6 Å². The SMILES string of the molecule is Cc1cn2cc(C3=C\C(=O)N4C=C(N5CCN(C6CC6)[C@@H](C)C5)C=C\C4=C/C=C/3)cc(Cl)c2n1. The van der Waals surface area contributed by atoms with Crippen LogP contribution in [0.4, 0.5) is 0 Å². The van der Waals surface area contributed by atoms with Gasteiger partial charge in [-0.1, -0.05) is 23.8 Å². The van der Waals surface area contributed by atoms with Crippen molar-refractivity contribution in [2.75, 3.05) is 19.6 Å². The summed E-state index contributed by atoms with van der Waals surface area (Å²) in [5, 5.41) is 0.563. The molecule has 6 rings (SSSR count). The number of rotatable bonds is 3. The zero-order chi connectivity index (χ0) is 23.4. The number of aromatic nitrogens is 2. The van der Waals surface area contributed by atoms with Crippen LogP contribution < -0.4 is 0 Å². The van der Waals surface area contributed by atoms with Crippen LogP contribution in [0.25, 0.3) is 11.2 Å². The van der Waals surface area contributed by atoms with E-state index in [2.05, 4.69) is 27.8 Å². The summed E-state index contributed by atoms with van der Waals surface area (Å²) in [6.07, 6.45) is 20.3. The van der Waals surface area contributed by atoms with Crippen molar-refractivity contribution in [2.24, 2.45) is 0 Å². The highest BCUT2D eigenvalue weighted by atomic mass is 35.5. The van der Waals surface area contributed by atoms with Crippen LogP contribution in [0.1, 0.15) is 31.0 Å². The van der Waals surface area contributed by atoms with Gasteiger partial charge in [0.25, 0.3) is 5.91 Å². The minimum absolute atomic E-state index is 0.0739. The number of amides is 1. The molecule has 7 heteroatoms. The van der Waals surface area contributed by atoms with Gasteiger partial charge in [-0.25, -0.2) is 4.98 Å². The molecule has 1 saturated heterocycles. The number of hydrogen-bond acceptors (Lipinski definition) is 4. The van der Waals surface area contributed by atoms with E-state index in [4.69, 9.17) is 11.6 Å². The fourth-order valence-electron chi connectivity index (χ4n) is 5.19. The first-order chi connectivity index (χ1) is 16.5. The quantitative estimate of drug-likeness (QED) is 0.656. The van der Waals surface area contributed by atoms with Crippen molar-refractivity contribution < 1.29 is 4.79 Å². The van der Waals surface area contributed by atoms with Gasteiger partial charge in [0.2, 0.25) is 0 Å². The molecule has 0 N–H and O–H groups in total. The number of carbonyl (C=O) groups is 1. The summed E-state index contributed by atoms with van der Waals surface area (Å²) in [6, 6.07) is 3.18. The number of piperazine rings is 1. The molecule has 4 aliphatic rings. The summed E-state index contributed by atoms with van der Waals surface area (Å²) < 4.78 is 1.91. The first-order valence-corrected chi connectivity index (χ1v) is 12.3. The van der Waals surface area contributed by atoms with Crippen molar-refractivity contribution in [3.05, 3.63) is 88.8 Å². The summed E-state index contributed by atoms with van der Waals surface area (Å²) >= 11 is 6.50. The van der Waals surface area contributed by atoms with Gasteiger partial charge in [0.05, 0.1) is 16.4 Å². The first kappa shape index (κ1) is 21.4. The van der Waals surface area contributed by atoms with Crippen LogP contribution in [0.15, 0.2) is 72.5 Å². The molecule has 6 nitrogen and oxygen atoms in total. The highest BCUT2D eigenvalue weighted by Crippen LogP contribution is 2.32. The molecule has 0 unspecified atom stereocenters. The Hall–Kier alpha value is -3.09. The second-order valence-electron chi connectivity index (χ2n) is 9.60. The fourth-order valence-corrected chi connectivity index (χ4v) is 5.44. The molecule has 174 valence electrons. The molecular weight excluding hydrogens is 446 g/mol. The van der Waals surface area contributed by atoms with Crippen LogP contribution in [0.2, 0.25) is 5.02 Å². The lowest BCUT2D eigenvalue weighted by Gasteiger charge is -2.42. The van der Waals surface area contributed by atoms with E-state index >= 15 is 0 Å². The highest BCUT2D eigenvalue weighted by molar-refractivity contribution is 6.33. The van der Waals surface area contributed by atoms with Crippen LogP contribution in [0.3, 0.4) is 0 Å². The average molecular weight is 474 g/mol. The second kappa shape index (κ2) is 8.29. The Balaban J connectivity index is 1.28. The van der Waals surface area contributed by atoms with Gasteiger partial charge in [0.15, 0.2) is 5.65 Å². The average Bonchev–Trinajstić information content (AvgIpc) is 3.57. The molecule has 0 bridgehead atoms. The molecule has 2 aromatic heterocycles. The number of fused-ring (bicyclic) bond motifs is 2. The molecule has 3 aliphatic heterocycles. The zero-order valence-electron chi connectivity index (χ0n) is 19.5. The summed E-state index contributed by atoms with van der Waals surface area (Å²) in [6.45, 7) is 7.30. The van der Waals surface area contributed by atoms with Gasteiger partial charge in [0, 0.05) is 67.6 Å². The maximum Gasteiger partial charge on any atom is 0.255 e. The molecule has 1 aliphatic carbocycles. The summed E-state index contributed by atoms with van der Waals surface area (Å²) in [5.41, 5.74) is 5.26. The lowest BCUT2D eigenvalue weighted by molar-refractivity contribution is -0.122. The normalized spacial score (nSPS) is 27.4. The summed E-state index contributed by atoms with van der Waals surface area (Å²) in [7, 11) is 0. The molecule has 5 heterocycles. The maximum atomic E-state index is 13.4. The number of pyridine rings is 1. The third kappa shape index (κ3) is 3.91. The van der Waals surface area contributed by atoms with E-state index in [1.165, 1.54) is 12.8 Å². The van der Waals surface area contributed by atoms with Crippen molar-refractivity contribution in [3.8, 4) is 0 Å². The Bertz CT molecular complexity index is 1330. The fraction of sp³-hybridized carbons (Fsp3) is 0.333. The first-order valence-electron chi connectivity index (χ1n) is 12.0. The summed E-state index contributed by atoms with van der Waals surface area (Å²) in [5.74, 6) is -0.0739. The van der Waals surface area contributed by atoms with E-state index in [9.17, 15) is 4.79 Å². The smallest absolute Gasteiger partial charge is 0.255 e. The molecule has 1 amide bonds. The lowest BCUT2D eigenvalue weighted by Crippen LogP contribution is -2.52. The van der Waals surface area contributed by atoms with Gasteiger partial charge in [0.1, 0.15) is 0 Å². The molecule has 0 aromatic carbocycles. The molecule has 0 radical (unpaired) electrons. The van der Waals surface area contributed by atoms with Crippen molar-refractivity contribution in [2.45, 2.75) is 38.8 Å². The number of nitrogens with zero attached hydrogens (tertiary/aromatic N) is 5. The van der Waals surface area contributed by atoms with Crippen molar-refractivity contribution in [1.82, 2.24) is 24.1 Å². The zero-order valence-corrected chi connectivity index (χ0v) is 20.2. The maximum absolute atomic E-state index is 13.4. The topological polar surface area (TPSA) is 44.1 Å². The van der Waals surface area contributed by atoms with Crippen LogP contribution in [0, 0.1) is 6.92 Å². The minimum Gasteiger partial charge on any atom is -0.367 e. The standard InChI is InChI=1S/C27H28ClN5O/c1-18-14-31-16-21(12-25(28)27(31)29-18)20-4-3-5-22-8-9-24(17-33(22)26(34)13-20)30-10-11-32(19(2)15-30)23-6-7-23/h3-5,8-9,12-14,16-17,19,23H,6-7,10-11,15H2,1-2H3/b4-3+,20-13+,22-5+/t19-/m0/s1. The molecule has 2 fully saturated rings. The van der Waals surface area contributed by atoms with Crippen molar-refractivity contribution in [1.29, 1.82) is 0 Å². The van der Waals surface area contributed by atoms with E-state index in [-0.39, 0.29) is 5.91 Å². The molecule has 0 spiro atoms. The van der Waals surface area contributed by atoms with E-state index in [1.807, 2.05) is 60.3 Å². The van der Waals surface area contributed by atoms with E-state index in [0.29, 0.717) is 11.1 Å². The summed E-state index contributed by atoms with van der Waals surface area (Å²) in [4.78, 5) is 24.6. The molecule has 1 saturated carbocycles. The number of halogens is 1. The monoisotopic (exact) mass is 473 g/mol. The predicted octanol–water partition coefficient (Wildman–Crippen LogP) is 4.54. The van der Waals surface area contributed by atoms with Gasteiger partial charge >= 0.3 is 0 Å². The van der Waals surface area contributed by atoms with E-state index < -0.39 is 0 Å². The van der Waals surface area contributed by atoms with Gasteiger partial charge < -0.3 is 9.30 Å². The van der Waals surface area contributed by atoms with Crippen molar-refractivity contribution in [3.63, 3.8) is 0 Å². The number of hydrogen-bond donors (Lipinski definition) is 0. The number of carbonyl (C=O) groups excluding carboxylic acids is 1. The van der Waals surface area contributed by atoms with Crippen LogP contribution in [-0.4, -0.2) is 61.7 Å². The number of aryl methyl sites for hydroxylation is 1. The molecule has 1 atom stereocenters. The van der Waals surface area contributed by atoms with Gasteiger partial charge in [-0.2, -0.15) is 0 Å². The van der Waals surface area contributed by atoms with E-state index in [1.54, 1.807) is 11.0 Å². The lowest BCUT2D eigenvalue weighted by atomic mass is 10.0. The Kier molecular flexibility index (Phi) is 5.23. The van der Waals surface area contributed by atoms with Gasteiger partial charge in [-0.3, -0.25) is 14.6 Å². The van der Waals surface area contributed by atoms with Crippen LogP contribution in [0.5, 0.6) is 0 Å². The third-order valence-corrected chi connectivity index (χ3v) is 7.32. The van der Waals surface area contributed by atoms with E-state index in [0.717, 1.165) is 59.5 Å². The third-order valence-electron chi connectivity index (χ3n) is 7.04. The molecule has 34 heavy (non-hydrogen) atoms. The predicted molar refractivity (Wildman–Crippen MR) is 135 cm³/mol. The van der Waals surface area contributed by atoms with Gasteiger partial charge in [-0.15, -0.1) is 0 Å². The number of allylic oxidation sites excluding steroid dienone is 6. The minimum atomic E-state index is -0.0739. The van der Waals surface area contributed by atoms with Crippen LogP contribution in [-0.2, 0) is 4.79 Å². The molecular formula is C27H28ClN5O. The second-order valence-corrected chi connectivity index (χ2v) is 10.0. The number of imidazole rings is 1. The largest absolute Gasteiger partial charge is 0.367 e. The Labute approximate surface area is 204 Å². The molecule has 2 aromatic rings. The highest BCUT2D eigenvalue weighted by Gasteiger charge is 2.36. The Morgan fingerprint density at radius 1 is 1.09 bits per heavy atom. The Morgan fingerprint density at radius 2 is 1.91 bits per heavy atom. The Morgan fingerprint density at radius 3 is 2.71 bits per heavy atom. The van der Waals surface area contributed by atoms with Gasteiger partial charge in [-0.05, 0) is 56.6 Å².